The zero-order chi connectivity index (χ0) is 30.5. The summed E-state index contributed by atoms with van der Waals surface area (Å²) in [4.78, 5) is 29.2. The van der Waals surface area contributed by atoms with Crippen molar-refractivity contribution in [1.82, 2.24) is 10.2 Å². The quantitative estimate of drug-likeness (QED) is 0.265. The van der Waals surface area contributed by atoms with Gasteiger partial charge >= 0.3 is 0 Å². The molecule has 1 unspecified atom stereocenters. The lowest BCUT2D eigenvalue weighted by atomic mass is 10.0. The topological polar surface area (TPSA) is 86.8 Å². The van der Waals surface area contributed by atoms with E-state index >= 15 is 0 Å². The summed E-state index contributed by atoms with van der Waals surface area (Å²) in [6.45, 7) is 4.76. The maximum atomic E-state index is 14.1. The van der Waals surface area contributed by atoms with Crippen molar-refractivity contribution in [2.45, 2.75) is 45.3 Å². The van der Waals surface area contributed by atoms with E-state index in [9.17, 15) is 18.0 Å². The number of carbonyl (C=O) groups is 2. The molecule has 0 aliphatic carbocycles. The Morgan fingerprint density at radius 3 is 2.07 bits per heavy atom. The van der Waals surface area contributed by atoms with Crippen LogP contribution in [0.1, 0.15) is 31.9 Å². The Morgan fingerprint density at radius 2 is 1.49 bits per heavy atom. The van der Waals surface area contributed by atoms with Gasteiger partial charge in [-0.25, -0.2) is 8.42 Å². The number of anilines is 1. The molecule has 3 rings (SSSR count). The lowest BCUT2D eigenvalue weighted by molar-refractivity contribution is -0.140. The summed E-state index contributed by atoms with van der Waals surface area (Å²) in [5.41, 5.74) is 0.765. The van der Waals surface area contributed by atoms with E-state index in [-0.39, 0.29) is 28.7 Å². The van der Waals surface area contributed by atoms with Gasteiger partial charge in [0.05, 0.1) is 17.0 Å². The number of sulfonamides is 1. The Balaban J connectivity index is 2.13. The normalized spacial score (nSPS) is 12.5. The minimum absolute atomic E-state index is 0.0400. The number of rotatable bonds is 10. The molecule has 0 heterocycles. The van der Waals surface area contributed by atoms with Crippen LogP contribution in [-0.2, 0) is 32.6 Å². The molecule has 0 aliphatic heterocycles. The second-order valence-electron chi connectivity index (χ2n) is 10.6. The summed E-state index contributed by atoms with van der Waals surface area (Å²) >= 11 is 25.1. The summed E-state index contributed by atoms with van der Waals surface area (Å²) in [5.74, 6) is -1.06. The third kappa shape index (κ3) is 9.51. The minimum atomic E-state index is -4.01. The summed E-state index contributed by atoms with van der Waals surface area (Å²) in [6.07, 6.45) is 1.13. The number of nitrogens with one attached hydrogen (secondary N) is 1. The summed E-state index contributed by atoms with van der Waals surface area (Å²) in [6, 6.07) is 17.4. The third-order valence-corrected chi connectivity index (χ3v) is 8.25. The lowest BCUT2D eigenvalue weighted by Crippen LogP contribution is -2.56. The van der Waals surface area contributed by atoms with Crippen molar-refractivity contribution in [1.29, 1.82) is 0 Å². The molecule has 0 aromatic heterocycles. The Kier molecular flexibility index (Phi) is 11.0. The first kappa shape index (κ1) is 33.0. The van der Waals surface area contributed by atoms with Gasteiger partial charge < -0.3 is 10.2 Å². The molecule has 0 aliphatic rings. The van der Waals surface area contributed by atoms with E-state index in [0.29, 0.717) is 15.6 Å². The lowest BCUT2D eigenvalue weighted by Gasteiger charge is -2.35. The molecule has 3 aromatic carbocycles. The molecule has 2 amide bonds. The average molecular weight is 659 g/mol. The number of benzene rings is 3. The van der Waals surface area contributed by atoms with E-state index < -0.39 is 40.0 Å². The van der Waals surface area contributed by atoms with Crippen LogP contribution in [0.4, 0.5) is 5.69 Å². The Bertz CT molecular complexity index is 1510. The predicted octanol–water partition coefficient (Wildman–Crippen LogP) is 6.62. The first-order valence-corrected chi connectivity index (χ1v) is 15.9. The van der Waals surface area contributed by atoms with Gasteiger partial charge in [-0.2, -0.15) is 0 Å². The second kappa shape index (κ2) is 13.7. The minimum Gasteiger partial charge on any atom is -0.350 e. The van der Waals surface area contributed by atoms with E-state index in [1.807, 2.05) is 51.1 Å². The maximum Gasteiger partial charge on any atom is 0.244 e. The predicted molar refractivity (Wildman–Crippen MR) is 167 cm³/mol. The monoisotopic (exact) mass is 657 g/mol. The molecule has 41 heavy (non-hydrogen) atoms. The van der Waals surface area contributed by atoms with Gasteiger partial charge in [0.1, 0.15) is 12.6 Å². The molecule has 3 aromatic rings. The van der Waals surface area contributed by atoms with Gasteiger partial charge in [0.2, 0.25) is 21.8 Å². The first-order valence-electron chi connectivity index (χ1n) is 12.6. The molecule has 12 heteroatoms. The van der Waals surface area contributed by atoms with E-state index in [0.717, 1.165) is 16.1 Å². The van der Waals surface area contributed by atoms with Crippen LogP contribution in [-0.4, -0.2) is 49.5 Å². The van der Waals surface area contributed by atoms with Crippen LogP contribution in [0.2, 0.25) is 20.1 Å². The molecule has 1 N–H and O–H groups in total. The SMILES string of the molecule is CC(C)(C)NC(=O)C(Cc1ccccc1)N(Cc1ccc(Cl)cc1Cl)C(=O)CN(c1cc(Cl)ccc1Cl)S(C)(=O)=O. The Hall–Kier alpha value is -2.49. The third-order valence-electron chi connectivity index (χ3n) is 5.98. The van der Waals surface area contributed by atoms with Crippen LogP contribution < -0.4 is 9.62 Å². The smallest absolute Gasteiger partial charge is 0.244 e. The van der Waals surface area contributed by atoms with Crippen LogP contribution in [0.3, 0.4) is 0 Å². The van der Waals surface area contributed by atoms with Crippen molar-refractivity contribution in [2.75, 3.05) is 17.1 Å². The van der Waals surface area contributed by atoms with Crippen LogP contribution in [0.15, 0.2) is 66.7 Å². The zero-order valence-corrected chi connectivity index (χ0v) is 26.8. The maximum absolute atomic E-state index is 14.1. The van der Waals surface area contributed by atoms with Gasteiger partial charge in [0.25, 0.3) is 0 Å². The van der Waals surface area contributed by atoms with Gasteiger partial charge in [0, 0.05) is 33.6 Å². The standard InChI is InChI=1S/C29H31Cl4N3O4S/c1-29(2,3)34-28(38)26(14-19-8-6-5-7-9-19)35(17-20-10-11-21(30)15-24(20)33)27(37)18-36(41(4,39)40)25-16-22(31)12-13-23(25)32/h5-13,15-16,26H,14,17-18H2,1-4H3,(H,34,38). The number of hydrogen-bond donors (Lipinski definition) is 1. The summed E-state index contributed by atoms with van der Waals surface area (Å²) in [5, 5.41) is 3.98. The molecule has 0 spiro atoms. The Morgan fingerprint density at radius 1 is 0.878 bits per heavy atom. The molecule has 7 nitrogen and oxygen atoms in total. The molecular formula is C29H31Cl4N3O4S. The molecule has 220 valence electrons. The number of carbonyl (C=O) groups excluding carboxylic acids is 2. The highest BCUT2D eigenvalue weighted by molar-refractivity contribution is 7.92. The highest BCUT2D eigenvalue weighted by Crippen LogP contribution is 2.31. The van der Waals surface area contributed by atoms with Gasteiger partial charge in [0.15, 0.2) is 0 Å². The zero-order valence-electron chi connectivity index (χ0n) is 23.0. The van der Waals surface area contributed by atoms with Gasteiger partial charge in [-0.15, -0.1) is 0 Å². The molecule has 0 radical (unpaired) electrons. The van der Waals surface area contributed by atoms with Crippen molar-refractivity contribution in [3.8, 4) is 0 Å². The van der Waals surface area contributed by atoms with Crippen molar-refractivity contribution in [3.63, 3.8) is 0 Å². The fraction of sp³-hybridized carbons (Fsp3) is 0.310. The van der Waals surface area contributed by atoms with Crippen LogP contribution in [0.5, 0.6) is 0 Å². The van der Waals surface area contributed by atoms with E-state index in [2.05, 4.69) is 5.32 Å². The van der Waals surface area contributed by atoms with Crippen molar-refractivity contribution in [3.05, 3.63) is 97.9 Å². The van der Waals surface area contributed by atoms with E-state index in [1.54, 1.807) is 12.1 Å². The van der Waals surface area contributed by atoms with Gasteiger partial charge in [-0.3, -0.25) is 13.9 Å². The van der Waals surface area contributed by atoms with Crippen LogP contribution >= 0.6 is 46.4 Å². The number of nitrogens with zero attached hydrogens (tertiary/aromatic N) is 2. The second-order valence-corrected chi connectivity index (χ2v) is 14.2. The summed E-state index contributed by atoms with van der Waals surface area (Å²) < 4.78 is 26.7. The van der Waals surface area contributed by atoms with Gasteiger partial charge in [-0.1, -0.05) is 82.8 Å². The fourth-order valence-corrected chi connectivity index (χ4v) is 5.87. The Labute approximate surface area is 261 Å². The van der Waals surface area contributed by atoms with Crippen molar-refractivity contribution < 1.29 is 18.0 Å². The highest BCUT2D eigenvalue weighted by atomic mass is 35.5. The molecule has 0 saturated heterocycles. The summed E-state index contributed by atoms with van der Waals surface area (Å²) in [7, 11) is -4.01. The molecule has 0 bridgehead atoms. The van der Waals surface area contributed by atoms with Crippen LogP contribution in [0, 0.1) is 0 Å². The number of hydrogen-bond acceptors (Lipinski definition) is 4. The molecule has 1 atom stereocenters. The molecular weight excluding hydrogens is 628 g/mol. The van der Waals surface area contributed by atoms with Crippen molar-refractivity contribution >= 4 is 73.9 Å². The average Bonchev–Trinajstić information content (AvgIpc) is 2.86. The highest BCUT2D eigenvalue weighted by Gasteiger charge is 2.35. The van der Waals surface area contributed by atoms with Gasteiger partial charge in [-0.05, 0) is 62.2 Å². The number of amides is 2. The molecule has 0 saturated carbocycles. The van der Waals surface area contributed by atoms with Crippen LogP contribution in [0.25, 0.3) is 0 Å². The van der Waals surface area contributed by atoms with Crippen molar-refractivity contribution in [2.24, 2.45) is 0 Å². The van der Waals surface area contributed by atoms with E-state index in [1.165, 1.54) is 29.2 Å². The first-order chi connectivity index (χ1) is 19.0. The molecule has 0 fully saturated rings. The number of halogens is 4. The fourth-order valence-electron chi connectivity index (χ4n) is 4.11. The largest absolute Gasteiger partial charge is 0.350 e. The van der Waals surface area contributed by atoms with E-state index in [4.69, 9.17) is 46.4 Å².